The van der Waals surface area contributed by atoms with E-state index in [1.807, 2.05) is 0 Å². The number of thiophene rings is 1. The molecule has 1 aromatic heterocycles. The third-order valence-corrected chi connectivity index (χ3v) is 8.11. The molecule has 0 unspecified atom stereocenters. The van der Waals surface area contributed by atoms with Gasteiger partial charge in [-0.25, -0.2) is 13.6 Å². The highest BCUT2D eigenvalue weighted by atomic mass is 32.2. The van der Waals surface area contributed by atoms with Crippen molar-refractivity contribution in [1.82, 2.24) is 4.90 Å². The first-order valence-corrected chi connectivity index (χ1v) is 13.8. The maximum Gasteiger partial charge on any atom is 0.335 e. The Morgan fingerprint density at radius 1 is 1.07 bits per heavy atom. The predicted molar refractivity (Wildman–Crippen MR) is 154 cm³/mol. The van der Waals surface area contributed by atoms with Gasteiger partial charge in [0.15, 0.2) is 11.6 Å². The average Bonchev–Trinajstić information content (AvgIpc) is 3.47. The molecule has 4 N–H and O–H groups in total. The van der Waals surface area contributed by atoms with Gasteiger partial charge in [0.1, 0.15) is 4.32 Å². The van der Waals surface area contributed by atoms with Crippen LogP contribution in [0, 0.1) is 11.6 Å². The number of anilines is 1. The van der Waals surface area contributed by atoms with Crippen molar-refractivity contribution in [3.05, 3.63) is 80.9 Å². The smallest absolute Gasteiger partial charge is 0.335 e. The van der Waals surface area contributed by atoms with E-state index in [2.05, 4.69) is 5.32 Å². The van der Waals surface area contributed by atoms with Gasteiger partial charge in [-0.2, -0.15) is 0 Å². The molecule has 0 aliphatic carbocycles. The molecule has 0 radical (unpaired) electrons. The zero-order valence-electron chi connectivity index (χ0n) is 20.6. The van der Waals surface area contributed by atoms with E-state index in [9.17, 15) is 28.0 Å². The largest absolute Gasteiger partial charge is 0.478 e. The maximum absolute atomic E-state index is 13.7. The van der Waals surface area contributed by atoms with Gasteiger partial charge >= 0.3 is 5.97 Å². The number of thioether (sulfide) groups is 1. The Balaban J connectivity index is 1.50. The molecule has 206 valence electrons. The van der Waals surface area contributed by atoms with Crippen molar-refractivity contribution >= 4 is 75.1 Å². The van der Waals surface area contributed by atoms with E-state index in [0.717, 1.165) is 23.9 Å². The fourth-order valence-electron chi connectivity index (χ4n) is 3.93. The van der Waals surface area contributed by atoms with Crippen molar-refractivity contribution in [3.8, 4) is 11.1 Å². The highest BCUT2D eigenvalue weighted by Crippen LogP contribution is 2.37. The molecule has 1 aliphatic heterocycles. The van der Waals surface area contributed by atoms with E-state index in [-0.39, 0.29) is 29.1 Å². The van der Waals surface area contributed by atoms with Crippen LogP contribution in [0.3, 0.4) is 0 Å². The fraction of sp³-hybridized carbons (Fsp3) is 0.148. The first kappa shape index (κ1) is 29.1. The van der Waals surface area contributed by atoms with Gasteiger partial charge in [0.25, 0.3) is 5.91 Å². The number of rotatable bonds is 10. The quantitative estimate of drug-likeness (QED) is 0.214. The summed E-state index contributed by atoms with van der Waals surface area (Å²) in [4.78, 5) is 51.0. The van der Waals surface area contributed by atoms with Crippen LogP contribution in [0.5, 0.6) is 0 Å². The van der Waals surface area contributed by atoms with Crippen LogP contribution in [-0.4, -0.2) is 44.1 Å². The van der Waals surface area contributed by atoms with Crippen LogP contribution in [0.1, 0.15) is 34.5 Å². The standard InChI is InChI=1S/C27H21F2N3O5S3/c28-20-7-3-15(10-21(20)29)16-9-19(39-13-16)12-22-25(35)32(27(38)40-22)18(6-8-23(30)33)11-24(34)31-17-4-1-14(2-5-17)26(36)37/h1-5,7,9-10,12-13,18H,6,8,11H2,(H2,30,33)(H,31,34)(H,36,37)/b22-12-/t18-/m0/s1. The number of carboxylic acid groups (broad SMARTS) is 1. The van der Waals surface area contributed by atoms with Gasteiger partial charge in [0.2, 0.25) is 11.8 Å². The third kappa shape index (κ3) is 6.97. The van der Waals surface area contributed by atoms with Crippen LogP contribution in [0.15, 0.2) is 58.8 Å². The molecule has 2 heterocycles. The molecule has 3 aromatic rings. The number of carbonyl (C=O) groups is 4. The number of aromatic carboxylic acids is 1. The average molecular weight is 602 g/mol. The lowest BCUT2D eigenvalue weighted by Gasteiger charge is -2.26. The SMILES string of the molecule is NC(=O)CC[C@@H](CC(=O)Nc1ccc(C(=O)O)cc1)N1C(=O)/C(=C/c2cc(-c3ccc(F)c(F)c3)cs2)SC1=S. The van der Waals surface area contributed by atoms with Gasteiger partial charge in [-0.15, -0.1) is 11.3 Å². The Hall–Kier alpha value is -3.94. The lowest BCUT2D eigenvalue weighted by atomic mass is 10.0. The van der Waals surface area contributed by atoms with Gasteiger partial charge in [0, 0.05) is 29.4 Å². The molecular weight excluding hydrogens is 581 g/mol. The van der Waals surface area contributed by atoms with Crippen LogP contribution in [0.2, 0.25) is 0 Å². The van der Waals surface area contributed by atoms with Gasteiger partial charge < -0.3 is 16.2 Å². The molecule has 3 amide bonds. The molecule has 4 rings (SSSR count). The molecule has 1 fully saturated rings. The number of carboxylic acids is 1. The molecule has 0 spiro atoms. The van der Waals surface area contributed by atoms with E-state index >= 15 is 0 Å². The summed E-state index contributed by atoms with van der Waals surface area (Å²) in [5, 5.41) is 13.4. The number of amides is 3. The lowest BCUT2D eigenvalue weighted by molar-refractivity contribution is -0.126. The van der Waals surface area contributed by atoms with Gasteiger partial charge in [0.05, 0.1) is 10.5 Å². The molecule has 2 aromatic carbocycles. The van der Waals surface area contributed by atoms with E-state index in [1.54, 1.807) is 17.5 Å². The number of carbonyl (C=O) groups excluding carboxylic acids is 3. The second-order valence-electron chi connectivity index (χ2n) is 8.71. The molecule has 1 atom stereocenters. The predicted octanol–water partition coefficient (Wildman–Crippen LogP) is 5.26. The summed E-state index contributed by atoms with van der Waals surface area (Å²) in [6.45, 7) is 0. The fourth-order valence-corrected chi connectivity index (χ4v) is 6.25. The van der Waals surface area contributed by atoms with Crippen molar-refractivity contribution in [2.45, 2.75) is 25.3 Å². The van der Waals surface area contributed by atoms with E-state index in [1.165, 1.54) is 46.6 Å². The van der Waals surface area contributed by atoms with E-state index in [4.69, 9.17) is 23.1 Å². The number of hydrogen-bond donors (Lipinski definition) is 3. The van der Waals surface area contributed by atoms with Gasteiger partial charge in [-0.3, -0.25) is 19.3 Å². The summed E-state index contributed by atoms with van der Waals surface area (Å²) in [6.07, 6.45) is 1.46. The third-order valence-electron chi connectivity index (χ3n) is 5.90. The Bertz CT molecular complexity index is 1540. The monoisotopic (exact) mass is 601 g/mol. The van der Waals surface area contributed by atoms with Gasteiger partial charge in [-0.05, 0) is 71.5 Å². The number of thiocarbonyl (C=S) groups is 1. The summed E-state index contributed by atoms with van der Waals surface area (Å²) < 4.78 is 27.2. The summed E-state index contributed by atoms with van der Waals surface area (Å²) in [5.74, 6) is -4.52. The van der Waals surface area contributed by atoms with Crippen LogP contribution in [-0.2, 0) is 14.4 Å². The summed E-state index contributed by atoms with van der Waals surface area (Å²) in [7, 11) is 0. The summed E-state index contributed by atoms with van der Waals surface area (Å²) in [6, 6.07) is 10.1. The minimum absolute atomic E-state index is 0.0596. The zero-order valence-corrected chi connectivity index (χ0v) is 23.0. The van der Waals surface area contributed by atoms with Crippen molar-refractivity contribution < 1.29 is 33.1 Å². The van der Waals surface area contributed by atoms with Crippen LogP contribution in [0.25, 0.3) is 17.2 Å². The first-order chi connectivity index (χ1) is 19.0. The number of benzene rings is 2. The Kier molecular flexibility index (Phi) is 9.07. The maximum atomic E-state index is 13.7. The van der Waals surface area contributed by atoms with Crippen molar-refractivity contribution in [2.24, 2.45) is 5.73 Å². The topological polar surface area (TPSA) is 130 Å². The normalized spacial score (nSPS) is 14.9. The number of nitrogens with zero attached hydrogens (tertiary/aromatic N) is 1. The lowest BCUT2D eigenvalue weighted by Crippen LogP contribution is -2.41. The van der Waals surface area contributed by atoms with Crippen molar-refractivity contribution in [1.29, 1.82) is 0 Å². The molecule has 1 aliphatic rings. The van der Waals surface area contributed by atoms with Crippen molar-refractivity contribution in [2.75, 3.05) is 5.32 Å². The number of nitrogens with one attached hydrogen (secondary N) is 1. The minimum Gasteiger partial charge on any atom is -0.478 e. The minimum atomic E-state index is -1.10. The Morgan fingerprint density at radius 2 is 1.80 bits per heavy atom. The van der Waals surface area contributed by atoms with Crippen molar-refractivity contribution in [3.63, 3.8) is 0 Å². The van der Waals surface area contributed by atoms with Crippen LogP contribution < -0.4 is 11.1 Å². The molecular formula is C27H21F2N3O5S3. The first-order valence-electron chi connectivity index (χ1n) is 11.7. The Labute approximate surface area is 240 Å². The van der Waals surface area contributed by atoms with Crippen LogP contribution >= 0.6 is 35.3 Å². The molecule has 0 saturated carbocycles. The highest BCUT2D eigenvalue weighted by molar-refractivity contribution is 8.26. The second-order valence-corrected chi connectivity index (χ2v) is 11.3. The van der Waals surface area contributed by atoms with Crippen LogP contribution in [0.4, 0.5) is 14.5 Å². The molecule has 8 nitrogen and oxygen atoms in total. The number of nitrogens with two attached hydrogens (primary N) is 1. The molecule has 13 heteroatoms. The molecule has 0 bridgehead atoms. The molecule has 1 saturated heterocycles. The Morgan fingerprint density at radius 3 is 2.45 bits per heavy atom. The zero-order chi connectivity index (χ0) is 29.0. The van der Waals surface area contributed by atoms with E-state index in [0.29, 0.717) is 26.6 Å². The molecule has 40 heavy (non-hydrogen) atoms. The highest BCUT2D eigenvalue weighted by Gasteiger charge is 2.38. The van der Waals surface area contributed by atoms with Gasteiger partial charge in [-0.1, -0.05) is 30.0 Å². The number of hydrogen-bond acceptors (Lipinski definition) is 7. The number of halogens is 2. The number of primary amides is 1. The summed E-state index contributed by atoms with van der Waals surface area (Å²) >= 11 is 7.79. The van der Waals surface area contributed by atoms with E-state index < -0.39 is 41.4 Å². The second kappa shape index (κ2) is 12.5. The summed E-state index contributed by atoms with van der Waals surface area (Å²) in [5.41, 5.74) is 6.87.